The molecule has 0 aromatic heterocycles. The molecule has 0 bridgehead atoms. The fourth-order valence-corrected chi connectivity index (χ4v) is 4.60. The van der Waals surface area contributed by atoms with E-state index in [1.807, 2.05) is 0 Å². The van der Waals surface area contributed by atoms with E-state index in [9.17, 15) is 36.5 Å². The summed E-state index contributed by atoms with van der Waals surface area (Å²) < 4.78 is 67.1. The molecule has 178 valence electrons. The first-order chi connectivity index (χ1) is 15.5. The Labute approximate surface area is 186 Å². The van der Waals surface area contributed by atoms with E-state index in [1.165, 1.54) is 35.2 Å². The summed E-state index contributed by atoms with van der Waals surface area (Å²) in [6.45, 7) is 0.248. The number of piperazine rings is 1. The van der Waals surface area contributed by atoms with Crippen molar-refractivity contribution in [1.82, 2.24) is 14.5 Å². The van der Waals surface area contributed by atoms with Gasteiger partial charge in [-0.3, -0.25) is 10.1 Å². The van der Waals surface area contributed by atoms with Crippen LogP contribution < -0.4 is 10.1 Å². The van der Waals surface area contributed by atoms with Crippen molar-refractivity contribution in [2.75, 3.05) is 26.2 Å². The van der Waals surface area contributed by atoms with Crippen LogP contribution in [0.25, 0.3) is 0 Å². The first-order valence-electron chi connectivity index (χ1n) is 9.58. The molecule has 0 spiro atoms. The van der Waals surface area contributed by atoms with E-state index in [4.69, 9.17) is 0 Å². The number of urea groups is 1. The first kappa shape index (κ1) is 24.3. The van der Waals surface area contributed by atoms with Crippen LogP contribution in [0.5, 0.6) is 5.75 Å². The molecule has 10 nitrogen and oxygen atoms in total. The van der Waals surface area contributed by atoms with E-state index in [2.05, 4.69) is 10.1 Å². The largest absolute Gasteiger partial charge is 0.573 e. The van der Waals surface area contributed by atoms with Crippen LogP contribution in [0.3, 0.4) is 0 Å². The second kappa shape index (κ2) is 9.62. The zero-order valence-corrected chi connectivity index (χ0v) is 17.8. The van der Waals surface area contributed by atoms with Crippen molar-refractivity contribution < 1.29 is 36.0 Å². The molecule has 0 radical (unpaired) electrons. The number of ether oxygens (including phenoxy) is 1. The molecule has 1 N–H and O–H groups in total. The van der Waals surface area contributed by atoms with Gasteiger partial charge in [0.2, 0.25) is 10.0 Å². The summed E-state index contributed by atoms with van der Waals surface area (Å²) in [5.74, 6) is -0.376. The minimum atomic E-state index is -4.79. The highest BCUT2D eigenvalue weighted by molar-refractivity contribution is 7.89. The predicted octanol–water partition coefficient (Wildman–Crippen LogP) is 2.71. The van der Waals surface area contributed by atoms with Crippen molar-refractivity contribution >= 4 is 21.7 Å². The average molecular weight is 488 g/mol. The second-order valence-corrected chi connectivity index (χ2v) is 8.93. The molecule has 1 fully saturated rings. The van der Waals surface area contributed by atoms with Gasteiger partial charge in [0.15, 0.2) is 0 Å². The number of nitrogens with one attached hydrogen (secondary N) is 1. The van der Waals surface area contributed by atoms with Crippen molar-refractivity contribution in [2.24, 2.45) is 0 Å². The van der Waals surface area contributed by atoms with Gasteiger partial charge in [-0.25, -0.2) is 13.2 Å². The number of nitro benzene ring substituents is 1. The number of rotatable bonds is 6. The van der Waals surface area contributed by atoms with Crippen LogP contribution >= 0.6 is 0 Å². The van der Waals surface area contributed by atoms with Gasteiger partial charge in [-0.15, -0.1) is 13.2 Å². The lowest BCUT2D eigenvalue weighted by Crippen LogP contribution is -2.52. The van der Waals surface area contributed by atoms with Crippen molar-refractivity contribution in [3.63, 3.8) is 0 Å². The molecule has 33 heavy (non-hydrogen) atoms. The zero-order valence-electron chi connectivity index (χ0n) is 17.0. The Kier molecular flexibility index (Phi) is 7.07. The number of benzene rings is 2. The maximum atomic E-state index is 12.8. The third kappa shape index (κ3) is 6.32. The van der Waals surface area contributed by atoms with E-state index in [0.717, 1.165) is 22.5 Å². The lowest BCUT2D eigenvalue weighted by atomic mass is 10.2. The van der Waals surface area contributed by atoms with Crippen LogP contribution in [0.4, 0.5) is 23.7 Å². The molecule has 14 heteroatoms. The lowest BCUT2D eigenvalue weighted by molar-refractivity contribution is -0.385. The van der Waals surface area contributed by atoms with Crippen molar-refractivity contribution in [3.8, 4) is 5.75 Å². The maximum Gasteiger partial charge on any atom is 0.573 e. The molecule has 1 heterocycles. The highest BCUT2D eigenvalue weighted by Gasteiger charge is 2.32. The third-order valence-corrected chi connectivity index (χ3v) is 6.69. The third-order valence-electron chi connectivity index (χ3n) is 4.79. The molecule has 0 saturated carbocycles. The predicted molar refractivity (Wildman–Crippen MR) is 109 cm³/mol. The van der Waals surface area contributed by atoms with Crippen molar-refractivity contribution in [3.05, 3.63) is 64.2 Å². The summed E-state index contributed by atoms with van der Waals surface area (Å²) in [6, 6.07) is 9.30. The van der Waals surface area contributed by atoms with E-state index in [1.54, 1.807) is 0 Å². The summed E-state index contributed by atoms with van der Waals surface area (Å²) >= 11 is 0. The van der Waals surface area contributed by atoms with Crippen molar-refractivity contribution in [2.45, 2.75) is 17.8 Å². The number of non-ortho nitro benzene ring substituents is 1. The number of nitro groups is 1. The first-order valence-corrected chi connectivity index (χ1v) is 11.0. The Bertz CT molecular complexity index is 1120. The number of alkyl halides is 3. The SMILES string of the molecule is O=C(NCc1ccc(OC(F)(F)F)cc1)N1CCN(S(=O)(=O)c2cccc([N+](=O)[O-])c2)CC1. The smallest absolute Gasteiger partial charge is 0.406 e. The summed E-state index contributed by atoms with van der Waals surface area (Å²) in [7, 11) is -3.96. The Morgan fingerprint density at radius 3 is 2.30 bits per heavy atom. The normalized spacial score (nSPS) is 15.2. The minimum absolute atomic E-state index is 0.00191. The van der Waals surface area contributed by atoms with Crippen LogP contribution in [-0.4, -0.2) is 61.1 Å². The minimum Gasteiger partial charge on any atom is -0.406 e. The van der Waals surface area contributed by atoms with E-state index >= 15 is 0 Å². The van der Waals surface area contributed by atoms with Gasteiger partial charge in [0.1, 0.15) is 5.75 Å². The number of amides is 2. The topological polar surface area (TPSA) is 122 Å². The Morgan fingerprint density at radius 2 is 1.73 bits per heavy atom. The summed E-state index contributed by atoms with van der Waals surface area (Å²) in [4.78, 5) is 23.8. The number of hydrogen-bond acceptors (Lipinski definition) is 6. The van der Waals surface area contributed by atoms with Gasteiger partial charge < -0.3 is 15.0 Å². The van der Waals surface area contributed by atoms with Crippen LogP contribution in [0.15, 0.2) is 53.4 Å². The standard InChI is InChI=1S/C19H19F3N4O6S/c20-19(21,22)32-16-6-4-14(5-7-16)13-23-18(27)24-8-10-25(11-9-24)33(30,31)17-3-1-2-15(12-17)26(28)29/h1-7,12H,8-11,13H2,(H,23,27). The highest BCUT2D eigenvalue weighted by Crippen LogP contribution is 2.23. The molecular formula is C19H19F3N4O6S. The fraction of sp³-hybridized carbons (Fsp3) is 0.316. The van der Waals surface area contributed by atoms with Crippen molar-refractivity contribution in [1.29, 1.82) is 0 Å². The van der Waals surface area contributed by atoms with Gasteiger partial charge in [0.05, 0.1) is 9.82 Å². The van der Waals surface area contributed by atoms with Crippen LogP contribution in [0.2, 0.25) is 0 Å². The van der Waals surface area contributed by atoms with E-state index in [0.29, 0.717) is 5.56 Å². The maximum absolute atomic E-state index is 12.8. The van der Waals surface area contributed by atoms with Gasteiger partial charge in [0, 0.05) is 44.9 Å². The second-order valence-electron chi connectivity index (χ2n) is 7.00. The van der Waals surface area contributed by atoms with Gasteiger partial charge in [-0.05, 0) is 23.8 Å². The van der Waals surface area contributed by atoms with E-state index < -0.39 is 27.3 Å². The molecule has 3 rings (SSSR count). The summed E-state index contributed by atoms with van der Waals surface area (Å²) in [5.41, 5.74) is 0.205. The number of nitrogens with zero attached hydrogens (tertiary/aromatic N) is 3. The van der Waals surface area contributed by atoms with Crippen LogP contribution in [0.1, 0.15) is 5.56 Å². The quantitative estimate of drug-likeness (QED) is 0.493. The monoisotopic (exact) mass is 488 g/mol. The zero-order chi connectivity index (χ0) is 24.2. The molecule has 0 unspecified atom stereocenters. The molecule has 2 amide bonds. The van der Waals surface area contributed by atoms with Crippen LogP contribution in [-0.2, 0) is 16.6 Å². The fourth-order valence-electron chi connectivity index (χ4n) is 3.14. The molecule has 0 atom stereocenters. The molecule has 1 aliphatic rings. The number of carbonyl (C=O) groups is 1. The number of carbonyl (C=O) groups excluding carboxylic acids is 1. The average Bonchev–Trinajstić information content (AvgIpc) is 2.77. The van der Waals surface area contributed by atoms with Gasteiger partial charge in [-0.1, -0.05) is 18.2 Å². The summed E-state index contributed by atoms with van der Waals surface area (Å²) in [6.07, 6.45) is -4.79. The number of sulfonamides is 1. The number of halogens is 3. The Morgan fingerprint density at radius 1 is 1.09 bits per heavy atom. The Balaban J connectivity index is 1.52. The van der Waals surface area contributed by atoms with Crippen LogP contribution in [0, 0.1) is 10.1 Å². The summed E-state index contributed by atoms with van der Waals surface area (Å²) in [5, 5.41) is 13.5. The van der Waals surface area contributed by atoms with Gasteiger partial charge in [-0.2, -0.15) is 4.31 Å². The molecule has 1 saturated heterocycles. The molecular weight excluding hydrogens is 469 g/mol. The number of hydrogen-bond donors (Lipinski definition) is 1. The van der Waals surface area contributed by atoms with Gasteiger partial charge >= 0.3 is 12.4 Å². The molecule has 2 aromatic rings. The van der Waals surface area contributed by atoms with E-state index in [-0.39, 0.29) is 49.1 Å². The molecule has 0 aliphatic carbocycles. The Hall–Kier alpha value is -3.39. The highest BCUT2D eigenvalue weighted by atomic mass is 32.2. The molecule has 2 aromatic carbocycles. The molecule has 1 aliphatic heterocycles. The van der Waals surface area contributed by atoms with Gasteiger partial charge in [0.25, 0.3) is 5.69 Å². The lowest BCUT2D eigenvalue weighted by Gasteiger charge is -2.34.